The normalized spacial score (nSPS) is 15.0. The van der Waals surface area contributed by atoms with Crippen LogP contribution < -0.4 is 4.90 Å². The van der Waals surface area contributed by atoms with Crippen molar-refractivity contribution in [3.8, 4) is 17.0 Å². The summed E-state index contributed by atoms with van der Waals surface area (Å²) in [5, 5.41) is 10.5. The van der Waals surface area contributed by atoms with E-state index in [0.29, 0.717) is 0 Å². The first-order chi connectivity index (χ1) is 11.3. The maximum Gasteiger partial charge on any atom is 0.116 e. The fourth-order valence-corrected chi connectivity index (χ4v) is 2.94. The number of aromatic nitrogens is 1. The zero-order valence-corrected chi connectivity index (χ0v) is 12.8. The highest BCUT2D eigenvalue weighted by Crippen LogP contribution is 2.25. The number of anilines is 1. The molecule has 1 aliphatic rings. The molecule has 4 rings (SSSR count). The summed E-state index contributed by atoms with van der Waals surface area (Å²) in [5.41, 5.74) is 4.15. The molecule has 0 bridgehead atoms. The van der Waals surface area contributed by atoms with Gasteiger partial charge in [-0.05, 0) is 36.4 Å². The van der Waals surface area contributed by atoms with E-state index in [1.54, 1.807) is 12.1 Å². The van der Waals surface area contributed by atoms with Crippen LogP contribution in [0.1, 0.15) is 0 Å². The molecule has 23 heavy (non-hydrogen) atoms. The van der Waals surface area contributed by atoms with Crippen molar-refractivity contribution in [2.24, 2.45) is 0 Å². The van der Waals surface area contributed by atoms with Gasteiger partial charge in [-0.15, -0.1) is 0 Å². The summed E-state index contributed by atoms with van der Waals surface area (Å²) in [6.07, 6.45) is 0. The van der Waals surface area contributed by atoms with Crippen LogP contribution in [0.4, 0.5) is 5.69 Å². The second-order valence-electron chi connectivity index (χ2n) is 5.72. The number of fused-ring (bicyclic) bond motifs is 1. The average molecular weight is 306 g/mol. The van der Waals surface area contributed by atoms with E-state index in [1.165, 1.54) is 5.69 Å². The van der Waals surface area contributed by atoms with Gasteiger partial charge in [-0.1, -0.05) is 18.2 Å². The molecule has 0 saturated carbocycles. The Morgan fingerprint density at radius 1 is 0.913 bits per heavy atom. The average Bonchev–Trinajstić information content (AvgIpc) is 2.62. The van der Waals surface area contributed by atoms with Crippen LogP contribution in [0.3, 0.4) is 0 Å². The first kappa shape index (κ1) is 14.0. The Kier molecular flexibility index (Phi) is 3.60. The molecule has 0 aliphatic carbocycles. The van der Waals surface area contributed by atoms with Gasteiger partial charge >= 0.3 is 0 Å². The van der Waals surface area contributed by atoms with Gasteiger partial charge in [0.05, 0.1) is 24.4 Å². The lowest BCUT2D eigenvalue weighted by atomic mass is 10.1. The van der Waals surface area contributed by atoms with Crippen LogP contribution in [0.2, 0.25) is 0 Å². The van der Waals surface area contributed by atoms with E-state index in [2.05, 4.69) is 34.1 Å². The lowest BCUT2D eigenvalue weighted by molar-refractivity contribution is 0.122. The molecule has 0 amide bonds. The van der Waals surface area contributed by atoms with Crippen molar-refractivity contribution in [2.75, 3.05) is 31.2 Å². The predicted molar refractivity (Wildman–Crippen MR) is 91.9 cm³/mol. The van der Waals surface area contributed by atoms with Crippen molar-refractivity contribution in [3.05, 3.63) is 54.6 Å². The van der Waals surface area contributed by atoms with Gasteiger partial charge < -0.3 is 14.7 Å². The van der Waals surface area contributed by atoms with Crippen LogP contribution in [-0.4, -0.2) is 36.4 Å². The van der Waals surface area contributed by atoms with E-state index in [9.17, 15) is 5.11 Å². The molecule has 1 aliphatic heterocycles. The standard InChI is InChI=1S/C19H18N2O2/c22-17-6-8-19-15(13-17)3-7-18(20-19)14-1-4-16(5-2-14)21-9-11-23-12-10-21/h1-8,13,22H,9-12H2. The highest BCUT2D eigenvalue weighted by Gasteiger charge is 2.11. The topological polar surface area (TPSA) is 45.6 Å². The van der Waals surface area contributed by atoms with E-state index < -0.39 is 0 Å². The van der Waals surface area contributed by atoms with Crippen LogP contribution in [0, 0.1) is 0 Å². The summed E-state index contributed by atoms with van der Waals surface area (Å²) in [6.45, 7) is 3.47. The highest BCUT2D eigenvalue weighted by atomic mass is 16.5. The van der Waals surface area contributed by atoms with Gasteiger partial charge in [0.15, 0.2) is 0 Å². The zero-order chi connectivity index (χ0) is 15.6. The minimum absolute atomic E-state index is 0.266. The van der Waals surface area contributed by atoms with Crippen LogP contribution in [0.25, 0.3) is 22.2 Å². The fraction of sp³-hybridized carbons (Fsp3) is 0.211. The Morgan fingerprint density at radius 3 is 2.48 bits per heavy atom. The van der Waals surface area contributed by atoms with Crippen molar-refractivity contribution >= 4 is 16.6 Å². The molecule has 0 unspecified atom stereocenters. The molecule has 1 N–H and O–H groups in total. The number of phenols is 1. The lowest BCUT2D eigenvalue weighted by Gasteiger charge is -2.28. The lowest BCUT2D eigenvalue weighted by Crippen LogP contribution is -2.36. The van der Waals surface area contributed by atoms with Gasteiger partial charge in [-0.3, -0.25) is 0 Å². The van der Waals surface area contributed by atoms with Gasteiger partial charge in [0.2, 0.25) is 0 Å². The van der Waals surface area contributed by atoms with Crippen molar-refractivity contribution < 1.29 is 9.84 Å². The molecule has 0 spiro atoms. The fourth-order valence-electron chi connectivity index (χ4n) is 2.94. The van der Waals surface area contributed by atoms with Gasteiger partial charge in [0, 0.05) is 29.7 Å². The number of pyridine rings is 1. The minimum Gasteiger partial charge on any atom is -0.508 e. The number of rotatable bonds is 2. The molecule has 1 saturated heterocycles. The number of aromatic hydroxyl groups is 1. The first-order valence-electron chi connectivity index (χ1n) is 7.82. The van der Waals surface area contributed by atoms with E-state index >= 15 is 0 Å². The Hall–Kier alpha value is -2.59. The smallest absolute Gasteiger partial charge is 0.116 e. The summed E-state index contributed by atoms with van der Waals surface area (Å²) in [6, 6.07) is 17.7. The molecule has 4 heteroatoms. The van der Waals surface area contributed by atoms with Crippen molar-refractivity contribution in [2.45, 2.75) is 0 Å². The quantitative estimate of drug-likeness (QED) is 0.788. The third-order valence-electron chi connectivity index (χ3n) is 4.21. The van der Waals surface area contributed by atoms with Gasteiger partial charge in [0.1, 0.15) is 5.75 Å². The monoisotopic (exact) mass is 306 g/mol. The second-order valence-corrected chi connectivity index (χ2v) is 5.72. The molecule has 3 aromatic rings. The van der Waals surface area contributed by atoms with E-state index in [1.807, 2.05) is 18.2 Å². The second kappa shape index (κ2) is 5.89. The van der Waals surface area contributed by atoms with E-state index in [-0.39, 0.29) is 5.75 Å². The molecule has 1 fully saturated rings. The largest absolute Gasteiger partial charge is 0.508 e. The van der Waals surface area contributed by atoms with Crippen LogP contribution in [0.15, 0.2) is 54.6 Å². The Labute approximate surface area is 135 Å². The summed E-state index contributed by atoms with van der Waals surface area (Å²) in [5.74, 6) is 0.266. The molecule has 4 nitrogen and oxygen atoms in total. The summed E-state index contributed by atoms with van der Waals surface area (Å²) >= 11 is 0. The maximum absolute atomic E-state index is 9.53. The molecule has 0 radical (unpaired) electrons. The van der Waals surface area contributed by atoms with Gasteiger partial charge in [-0.2, -0.15) is 0 Å². The number of hydrogen-bond donors (Lipinski definition) is 1. The molecule has 2 heterocycles. The number of hydrogen-bond acceptors (Lipinski definition) is 4. The molecule has 0 atom stereocenters. The third-order valence-corrected chi connectivity index (χ3v) is 4.21. The minimum atomic E-state index is 0.266. The van der Waals surface area contributed by atoms with Crippen molar-refractivity contribution in [3.63, 3.8) is 0 Å². The Bertz CT molecular complexity index is 824. The first-order valence-corrected chi connectivity index (χ1v) is 7.82. The number of phenolic OH excluding ortho intramolecular Hbond substituents is 1. The molecule has 2 aromatic carbocycles. The van der Waals surface area contributed by atoms with Crippen LogP contribution in [0.5, 0.6) is 5.75 Å². The van der Waals surface area contributed by atoms with Crippen LogP contribution >= 0.6 is 0 Å². The Morgan fingerprint density at radius 2 is 1.70 bits per heavy atom. The highest BCUT2D eigenvalue weighted by molar-refractivity contribution is 5.83. The van der Waals surface area contributed by atoms with Gasteiger partial charge in [0.25, 0.3) is 0 Å². The number of morpholine rings is 1. The summed E-state index contributed by atoms with van der Waals surface area (Å²) < 4.78 is 5.39. The molecular weight excluding hydrogens is 288 g/mol. The number of ether oxygens (including phenoxy) is 1. The number of benzene rings is 2. The van der Waals surface area contributed by atoms with Gasteiger partial charge in [-0.25, -0.2) is 4.98 Å². The van der Waals surface area contributed by atoms with Crippen LogP contribution in [-0.2, 0) is 4.74 Å². The SMILES string of the molecule is Oc1ccc2nc(-c3ccc(N4CCOCC4)cc3)ccc2c1. The summed E-state index contributed by atoms with van der Waals surface area (Å²) in [7, 11) is 0. The number of nitrogens with zero attached hydrogens (tertiary/aromatic N) is 2. The third kappa shape index (κ3) is 2.85. The predicted octanol–water partition coefficient (Wildman–Crippen LogP) is 3.44. The van der Waals surface area contributed by atoms with E-state index in [4.69, 9.17) is 4.74 Å². The summed E-state index contributed by atoms with van der Waals surface area (Å²) in [4.78, 5) is 7.02. The Balaban J connectivity index is 1.63. The van der Waals surface area contributed by atoms with Crippen molar-refractivity contribution in [1.82, 2.24) is 4.98 Å². The molecule has 116 valence electrons. The molecule has 1 aromatic heterocycles. The van der Waals surface area contributed by atoms with E-state index in [0.717, 1.165) is 48.5 Å². The zero-order valence-electron chi connectivity index (χ0n) is 12.8. The maximum atomic E-state index is 9.53. The van der Waals surface area contributed by atoms with Crippen molar-refractivity contribution in [1.29, 1.82) is 0 Å². The molecular formula is C19H18N2O2.